The minimum absolute atomic E-state index is 0.0818. The molecule has 0 radical (unpaired) electrons. The summed E-state index contributed by atoms with van der Waals surface area (Å²) in [5.41, 5.74) is 0.282. The Bertz CT molecular complexity index is 425. The molecule has 1 saturated heterocycles. The van der Waals surface area contributed by atoms with Gasteiger partial charge in [-0.15, -0.1) is 0 Å². The minimum Gasteiger partial charge on any atom is -0.352 e. The molecular formula is C13H21N3O. The normalized spacial score (nSPS) is 18.4. The summed E-state index contributed by atoms with van der Waals surface area (Å²) in [5.74, 6) is 1.31. The van der Waals surface area contributed by atoms with Crippen molar-refractivity contribution < 1.29 is 0 Å². The van der Waals surface area contributed by atoms with Crippen molar-refractivity contribution in [1.82, 2.24) is 9.97 Å². The average molecular weight is 235 g/mol. The smallest absolute Gasteiger partial charge is 0.290 e. The van der Waals surface area contributed by atoms with Crippen molar-refractivity contribution in [1.29, 1.82) is 0 Å². The Morgan fingerprint density at radius 3 is 2.53 bits per heavy atom. The fourth-order valence-corrected chi connectivity index (χ4v) is 2.53. The Morgan fingerprint density at radius 2 is 2.00 bits per heavy atom. The van der Waals surface area contributed by atoms with E-state index in [1.807, 2.05) is 0 Å². The largest absolute Gasteiger partial charge is 0.352 e. The Labute approximate surface area is 102 Å². The standard InChI is InChI=1S/C13H21N3O/c1-13(2,3)10-4-8-16(9-5-10)11-12(17)15-7-6-14-11/h6-7,10H,4-5,8-9H2,1-3H3,(H,15,17). The van der Waals surface area contributed by atoms with Crippen LogP contribution in [0, 0.1) is 11.3 Å². The number of anilines is 1. The lowest BCUT2D eigenvalue weighted by atomic mass is 9.75. The molecule has 94 valence electrons. The molecule has 1 fully saturated rings. The molecule has 1 aliphatic rings. The molecule has 1 N–H and O–H groups in total. The monoisotopic (exact) mass is 235 g/mol. The van der Waals surface area contributed by atoms with E-state index in [0.717, 1.165) is 31.8 Å². The molecule has 17 heavy (non-hydrogen) atoms. The summed E-state index contributed by atoms with van der Waals surface area (Å²) in [7, 11) is 0. The lowest BCUT2D eigenvalue weighted by Gasteiger charge is -2.38. The van der Waals surface area contributed by atoms with Crippen molar-refractivity contribution in [3.05, 3.63) is 22.7 Å². The van der Waals surface area contributed by atoms with Gasteiger partial charge in [-0.1, -0.05) is 20.8 Å². The molecule has 1 aliphatic heterocycles. The zero-order valence-electron chi connectivity index (χ0n) is 10.9. The van der Waals surface area contributed by atoms with E-state index in [4.69, 9.17) is 0 Å². The summed E-state index contributed by atoms with van der Waals surface area (Å²) in [5, 5.41) is 0. The highest BCUT2D eigenvalue weighted by Crippen LogP contribution is 2.34. The molecular weight excluding hydrogens is 214 g/mol. The quantitative estimate of drug-likeness (QED) is 0.810. The fraction of sp³-hybridized carbons (Fsp3) is 0.692. The van der Waals surface area contributed by atoms with Crippen LogP contribution in [-0.2, 0) is 0 Å². The summed E-state index contributed by atoms with van der Waals surface area (Å²) in [4.78, 5) is 20.6. The van der Waals surface area contributed by atoms with Gasteiger partial charge in [-0.2, -0.15) is 0 Å². The molecule has 0 bridgehead atoms. The maximum Gasteiger partial charge on any atom is 0.290 e. The van der Waals surface area contributed by atoms with Crippen molar-refractivity contribution in [2.45, 2.75) is 33.6 Å². The molecule has 0 amide bonds. The van der Waals surface area contributed by atoms with Gasteiger partial charge in [-0.3, -0.25) is 4.79 Å². The topological polar surface area (TPSA) is 49.0 Å². The second kappa shape index (κ2) is 4.51. The summed E-state index contributed by atoms with van der Waals surface area (Å²) >= 11 is 0. The summed E-state index contributed by atoms with van der Waals surface area (Å²) in [6, 6.07) is 0. The lowest BCUT2D eigenvalue weighted by molar-refractivity contribution is 0.198. The van der Waals surface area contributed by atoms with E-state index < -0.39 is 0 Å². The van der Waals surface area contributed by atoms with Gasteiger partial charge in [0.15, 0.2) is 5.82 Å². The van der Waals surface area contributed by atoms with E-state index >= 15 is 0 Å². The van der Waals surface area contributed by atoms with Crippen molar-refractivity contribution in [3.8, 4) is 0 Å². The zero-order valence-corrected chi connectivity index (χ0v) is 10.9. The Balaban J connectivity index is 2.05. The van der Waals surface area contributed by atoms with Crippen molar-refractivity contribution in [3.63, 3.8) is 0 Å². The van der Waals surface area contributed by atoms with E-state index in [-0.39, 0.29) is 5.56 Å². The molecule has 0 spiro atoms. The summed E-state index contributed by atoms with van der Waals surface area (Å²) in [6.45, 7) is 8.74. The number of aromatic nitrogens is 2. The van der Waals surface area contributed by atoms with Gasteiger partial charge in [0.1, 0.15) is 0 Å². The second-order valence-corrected chi connectivity index (χ2v) is 5.87. The highest BCUT2D eigenvalue weighted by atomic mass is 16.1. The molecule has 2 heterocycles. The molecule has 4 heteroatoms. The number of hydrogen-bond donors (Lipinski definition) is 1. The van der Waals surface area contributed by atoms with Crippen LogP contribution in [0.4, 0.5) is 5.82 Å². The van der Waals surface area contributed by atoms with Crippen molar-refractivity contribution in [2.24, 2.45) is 11.3 Å². The van der Waals surface area contributed by atoms with E-state index in [0.29, 0.717) is 11.2 Å². The molecule has 4 nitrogen and oxygen atoms in total. The number of aromatic amines is 1. The number of hydrogen-bond acceptors (Lipinski definition) is 3. The molecule has 2 rings (SSSR count). The molecule has 1 aromatic rings. The van der Waals surface area contributed by atoms with Crippen LogP contribution < -0.4 is 10.5 Å². The van der Waals surface area contributed by atoms with Crippen LogP contribution >= 0.6 is 0 Å². The molecule has 0 saturated carbocycles. The number of H-pyrrole nitrogens is 1. The van der Waals surface area contributed by atoms with Gasteiger partial charge in [0.25, 0.3) is 5.56 Å². The number of nitrogens with one attached hydrogen (secondary N) is 1. The van der Waals surface area contributed by atoms with Crippen molar-refractivity contribution >= 4 is 5.82 Å². The first-order chi connectivity index (χ1) is 7.98. The lowest BCUT2D eigenvalue weighted by Crippen LogP contribution is -2.40. The second-order valence-electron chi connectivity index (χ2n) is 5.87. The predicted octanol–water partition coefficient (Wildman–Crippen LogP) is 2.03. The average Bonchev–Trinajstić information content (AvgIpc) is 2.29. The molecule has 0 aromatic carbocycles. The van der Waals surface area contributed by atoms with Gasteiger partial charge in [-0.05, 0) is 24.2 Å². The fourth-order valence-electron chi connectivity index (χ4n) is 2.53. The molecule has 0 unspecified atom stereocenters. The van der Waals surface area contributed by atoms with Crippen LogP contribution in [-0.4, -0.2) is 23.1 Å². The summed E-state index contributed by atoms with van der Waals surface area (Å²) in [6.07, 6.45) is 5.50. The Hall–Kier alpha value is -1.32. The van der Waals surface area contributed by atoms with Gasteiger partial charge in [0, 0.05) is 25.5 Å². The Kier molecular flexibility index (Phi) is 3.22. The highest BCUT2D eigenvalue weighted by Gasteiger charge is 2.29. The third-order valence-corrected chi connectivity index (χ3v) is 3.71. The minimum atomic E-state index is -0.0818. The first-order valence-corrected chi connectivity index (χ1v) is 6.27. The van der Waals surface area contributed by atoms with Crippen LogP contribution in [0.25, 0.3) is 0 Å². The van der Waals surface area contributed by atoms with Crippen LogP contribution in [0.15, 0.2) is 17.2 Å². The van der Waals surface area contributed by atoms with Gasteiger partial charge in [0.2, 0.25) is 0 Å². The first-order valence-electron chi connectivity index (χ1n) is 6.27. The number of nitrogens with zero attached hydrogens (tertiary/aromatic N) is 2. The van der Waals surface area contributed by atoms with Crippen LogP contribution in [0.3, 0.4) is 0 Å². The van der Waals surface area contributed by atoms with Gasteiger partial charge in [-0.25, -0.2) is 4.98 Å². The Morgan fingerprint density at radius 1 is 1.35 bits per heavy atom. The van der Waals surface area contributed by atoms with E-state index in [1.54, 1.807) is 12.4 Å². The van der Waals surface area contributed by atoms with E-state index in [1.165, 1.54) is 0 Å². The third kappa shape index (κ3) is 2.68. The summed E-state index contributed by atoms with van der Waals surface area (Å²) < 4.78 is 0. The van der Waals surface area contributed by atoms with E-state index in [2.05, 4.69) is 35.6 Å². The highest BCUT2D eigenvalue weighted by molar-refractivity contribution is 5.35. The molecule has 1 aromatic heterocycles. The number of piperidine rings is 1. The van der Waals surface area contributed by atoms with Gasteiger partial charge in [0.05, 0.1) is 0 Å². The van der Waals surface area contributed by atoms with Gasteiger partial charge >= 0.3 is 0 Å². The SMILES string of the molecule is CC(C)(C)C1CCN(c2ncc[nH]c2=O)CC1. The predicted molar refractivity (Wildman–Crippen MR) is 69.2 cm³/mol. The van der Waals surface area contributed by atoms with Crippen LogP contribution in [0.1, 0.15) is 33.6 Å². The maximum atomic E-state index is 11.6. The number of rotatable bonds is 1. The third-order valence-electron chi connectivity index (χ3n) is 3.71. The zero-order chi connectivity index (χ0) is 12.5. The van der Waals surface area contributed by atoms with Crippen molar-refractivity contribution in [2.75, 3.05) is 18.0 Å². The molecule has 0 atom stereocenters. The van der Waals surface area contributed by atoms with E-state index in [9.17, 15) is 4.79 Å². The van der Waals surface area contributed by atoms with Crippen LogP contribution in [0.5, 0.6) is 0 Å². The van der Waals surface area contributed by atoms with Crippen LogP contribution in [0.2, 0.25) is 0 Å². The first kappa shape index (κ1) is 12.1. The molecule has 0 aliphatic carbocycles. The van der Waals surface area contributed by atoms with Gasteiger partial charge < -0.3 is 9.88 Å². The maximum absolute atomic E-state index is 11.6.